The third kappa shape index (κ3) is 10.4. The maximum atomic E-state index is 12.0. The van der Waals surface area contributed by atoms with Gasteiger partial charge in [-0.25, -0.2) is 0 Å². The molecule has 2 aromatic rings. The number of unbranched alkanes of at least 4 members (excludes halogenated alkanes) is 9. The van der Waals surface area contributed by atoms with Crippen molar-refractivity contribution in [2.24, 2.45) is 0 Å². The van der Waals surface area contributed by atoms with Crippen LogP contribution in [-0.2, 0) is 16.5 Å². The van der Waals surface area contributed by atoms with Gasteiger partial charge in [0.25, 0.3) is 10.1 Å². The van der Waals surface area contributed by atoms with Crippen LogP contribution >= 0.6 is 0 Å². The maximum absolute atomic E-state index is 12.0. The summed E-state index contributed by atoms with van der Waals surface area (Å²) < 4.78 is 39.1. The Morgan fingerprint density at radius 3 is 1.94 bits per heavy atom. The summed E-state index contributed by atoms with van der Waals surface area (Å²) >= 11 is 0. The Morgan fingerprint density at radius 2 is 1.35 bits per heavy atom. The zero-order valence-corrected chi connectivity index (χ0v) is 22.7. The van der Waals surface area contributed by atoms with Gasteiger partial charge in [-0.15, -0.1) is 0 Å². The molecule has 0 unspecified atom stereocenters. The minimum Gasteiger partial charge on any atom is -0.870 e. The average Bonchev–Trinajstić information content (AvgIpc) is 2.71. The molecule has 0 spiro atoms. The van der Waals surface area contributed by atoms with E-state index in [0.29, 0.717) is 17.7 Å². The van der Waals surface area contributed by atoms with Crippen LogP contribution in [0.4, 0.5) is 0 Å². The second-order valence-electron chi connectivity index (χ2n) is 7.69. The molecule has 0 aliphatic heterocycles. The van der Waals surface area contributed by atoms with Crippen molar-refractivity contribution in [2.75, 3.05) is 0 Å². The van der Waals surface area contributed by atoms with Crippen molar-refractivity contribution in [3.63, 3.8) is 0 Å². The summed E-state index contributed by atoms with van der Waals surface area (Å²) in [6.45, 7) is 2.22. The molecule has 0 amide bonds. The summed E-state index contributed by atoms with van der Waals surface area (Å²) in [7, 11) is -4.38. The fourth-order valence-electron chi connectivity index (χ4n) is 3.57. The maximum Gasteiger partial charge on any atom is 1.00 e. The van der Waals surface area contributed by atoms with Crippen molar-refractivity contribution in [1.29, 1.82) is 0 Å². The first-order valence-electron chi connectivity index (χ1n) is 11.0. The zero-order chi connectivity index (χ0) is 21.8. The number of hydrogen-bond acceptors (Lipinski definition) is 4. The Bertz CT molecular complexity index is 883. The molecule has 0 saturated carbocycles. The van der Waals surface area contributed by atoms with E-state index < -0.39 is 10.1 Å². The summed E-state index contributed by atoms with van der Waals surface area (Å²) in [5.41, 5.74) is 0.419. The summed E-state index contributed by atoms with van der Waals surface area (Å²) in [5.74, 6) is 0.151. The van der Waals surface area contributed by atoms with E-state index in [9.17, 15) is 18.1 Å². The molecule has 0 aromatic heterocycles. The van der Waals surface area contributed by atoms with Crippen molar-refractivity contribution < 1.29 is 74.2 Å². The summed E-state index contributed by atoms with van der Waals surface area (Å²) in [4.78, 5) is -0.153. The van der Waals surface area contributed by atoms with Gasteiger partial charge in [-0.05, 0) is 31.0 Å². The standard InChI is InChI=1S/C24H34O5S.K/c1-2-3-4-5-6-7-8-9-10-11-15-20-22(18-14-19-24(20)30(26,27)28)29-23-17-13-12-16-21(23)25;/h12-14,16-19,25H,2-11,15H2,1H3,(H,26,27,28);/q;+1/p-1. The van der Waals surface area contributed by atoms with E-state index in [1.165, 1.54) is 63.1 Å². The van der Waals surface area contributed by atoms with Crippen LogP contribution in [0.15, 0.2) is 47.4 Å². The van der Waals surface area contributed by atoms with Gasteiger partial charge in [-0.2, -0.15) is 8.42 Å². The van der Waals surface area contributed by atoms with Crippen LogP contribution in [0.25, 0.3) is 0 Å². The molecular weight excluding hydrogens is 439 g/mol. The quantitative estimate of drug-likeness (QED) is 0.259. The van der Waals surface area contributed by atoms with Gasteiger partial charge in [0.05, 0.1) is 0 Å². The van der Waals surface area contributed by atoms with E-state index in [4.69, 9.17) is 4.74 Å². The molecular formula is C24H33KO5S. The molecule has 0 fully saturated rings. The van der Waals surface area contributed by atoms with Gasteiger partial charge in [0.15, 0.2) is 0 Å². The fourth-order valence-corrected chi connectivity index (χ4v) is 4.34. The first kappa shape index (κ1) is 28.6. The molecule has 0 bridgehead atoms. The molecule has 0 saturated heterocycles. The van der Waals surface area contributed by atoms with E-state index in [0.717, 1.165) is 19.3 Å². The molecule has 0 aliphatic rings. The Balaban J connectivity index is 0.00000480. The molecule has 1 N–H and O–H groups in total. The topological polar surface area (TPSA) is 86.7 Å². The fraction of sp³-hybridized carbons (Fsp3) is 0.500. The smallest absolute Gasteiger partial charge is 0.870 e. The van der Waals surface area contributed by atoms with Gasteiger partial charge in [0, 0.05) is 5.56 Å². The van der Waals surface area contributed by atoms with Crippen LogP contribution in [0.1, 0.15) is 76.7 Å². The van der Waals surface area contributed by atoms with Gasteiger partial charge >= 0.3 is 51.4 Å². The minimum atomic E-state index is -4.38. The van der Waals surface area contributed by atoms with Crippen LogP contribution in [0, 0.1) is 0 Å². The average molecular weight is 473 g/mol. The van der Waals surface area contributed by atoms with E-state index in [2.05, 4.69) is 6.92 Å². The van der Waals surface area contributed by atoms with Crippen LogP contribution in [0.3, 0.4) is 0 Å². The molecule has 5 nitrogen and oxygen atoms in total. The van der Waals surface area contributed by atoms with Crippen molar-refractivity contribution in [3.05, 3.63) is 48.0 Å². The van der Waals surface area contributed by atoms with Gasteiger partial charge in [-0.3, -0.25) is 4.55 Å². The van der Waals surface area contributed by atoms with Crippen LogP contribution in [0.2, 0.25) is 0 Å². The third-order valence-corrected chi connectivity index (χ3v) is 6.16. The zero-order valence-electron chi connectivity index (χ0n) is 18.8. The molecule has 2 aromatic carbocycles. The SMILES string of the molecule is CCCCCCCCCCCCc1c(Oc2ccccc2[O-])cccc1S(=O)(=O)O.[K+]. The van der Waals surface area contributed by atoms with Crippen molar-refractivity contribution in [2.45, 2.75) is 82.4 Å². The predicted octanol–water partition coefficient (Wildman–Crippen LogP) is 3.27. The molecule has 2 rings (SSSR count). The molecule has 0 heterocycles. The Morgan fingerprint density at radius 1 is 0.806 bits per heavy atom. The number of hydrogen-bond donors (Lipinski definition) is 1. The van der Waals surface area contributed by atoms with Gasteiger partial charge in [0.1, 0.15) is 16.4 Å². The summed E-state index contributed by atoms with van der Waals surface area (Å²) in [6.07, 6.45) is 12.2. The Hall–Kier alpha value is -0.414. The summed E-state index contributed by atoms with van der Waals surface area (Å²) in [6, 6.07) is 10.8. The monoisotopic (exact) mass is 472 g/mol. The van der Waals surface area contributed by atoms with Gasteiger partial charge in [-0.1, -0.05) is 94.7 Å². The third-order valence-electron chi connectivity index (χ3n) is 5.22. The van der Waals surface area contributed by atoms with Crippen molar-refractivity contribution in [3.8, 4) is 17.2 Å². The first-order chi connectivity index (χ1) is 14.4. The number of rotatable bonds is 14. The van der Waals surface area contributed by atoms with E-state index >= 15 is 0 Å². The van der Waals surface area contributed by atoms with Gasteiger partial charge in [0.2, 0.25) is 0 Å². The predicted molar refractivity (Wildman–Crippen MR) is 118 cm³/mol. The van der Waals surface area contributed by atoms with Crippen LogP contribution < -0.4 is 61.2 Å². The molecule has 7 heteroatoms. The number of ether oxygens (including phenoxy) is 1. The molecule has 0 radical (unpaired) electrons. The summed E-state index contributed by atoms with van der Waals surface area (Å²) in [5, 5.41) is 12.0. The molecule has 0 aliphatic carbocycles. The van der Waals surface area contributed by atoms with Crippen molar-refractivity contribution in [1.82, 2.24) is 0 Å². The van der Waals surface area contributed by atoms with Crippen LogP contribution in [-0.4, -0.2) is 13.0 Å². The Labute approximate surface area is 229 Å². The first-order valence-corrected chi connectivity index (χ1v) is 12.4. The molecule has 31 heavy (non-hydrogen) atoms. The molecule has 0 atom stereocenters. The largest absolute Gasteiger partial charge is 1.00 e. The van der Waals surface area contributed by atoms with Crippen molar-refractivity contribution >= 4 is 10.1 Å². The number of benzene rings is 2. The minimum absolute atomic E-state index is 0. The van der Waals surface area contributed by atoms with E-state index in [1.807, 2.05) is 0 Å². The van der Waals surface area contributed by atoms with E-state index in [1.54, 1.807) is 24.3 Å². The second kappa shape index (κ2) is 15.4. The Kier molecular flexibility index (Phi) is 14.2. The van der Waals surface area contributed by atoms with Crippen LogP contribution in [0.5, 0.6) is 17.2 Å². The normalized spacial score (nSPS) is 11.2. The second-order valence-corrected chi connectivity index (χ2v) is 9.08. The molecule has 166 valence electrons. The number of para-hydroxylation sites is 2. The van der Waals surface area contributed by atoms with Gasteiger partial charge < -0.3 is 9.84 Å². The van der Waals surface area contributed by atoms with E-state index in [-0.39, 0.29) is 67.8 Å².